The summed E-state index contributed by atoms with van der Waals surface area (Å²) in [5.74, 6) is -0.328. The maximum Gasteiger partial charge on any atom is 0.309 e. The lowest BCUT2D eigenvalue weighted by atomic mass is 9.59. The second kappa shape index (κ2) is 2.96. The van der Waals surface area contributed by atoms with Gasteiger partial charge in [0.15, 0.2) is 0 Å². The minimum absolute atomic E-state index is 0.420. The lowest BCUT2D eigenvalue weighted by Gasteiger charge is -2.48. The first-order chi connectivity index (χ1) is 6.44. The molecular weight excluding hydrogens is 180 g/mol. The van der Waals surface area contributed by atoms with Gasteiger partial charge in [-0.1, -0.05) is 12.8 Å². The van der Waals surface area contributed by atoms with Crippen molar-refractivity contribution in [2.45, 2.75) is 51.0 Å². The number of fused-ring (bicyclic) bond motifs is 2. The summed E-state index contributed by atoms with van der Waals surface area (Å²) in [6.45, 7) is 1.78. The Morgan fingerprint density at radius 3 is 2.71 bits per heavy atom. The van der Waals surface area contributed by atoms with Gasteiger partial charge in [-0.2, -0.15) is 0 Å². The smallest absolute Gasteiger partial charge is 0.309 e. The Morgan fingerprint density at radius 1 is 1.43 bits per heavy atom. The summed E-state index contributed by atoms with van der Waals surface area (Å²) in [5, 5.41) is 19.4. The van der Waals surface area contributed by atoms with Gasteiger partial charge in [-0.05, 0) is 38.5 Å². The summed E-state index contributed by atoms with van der Waals surface area (Å²) in [6.07, 6.45) is 4.92. The molecular formula is C11H18O3. The van der Waals surface area contributed by atoms with Crippen LogP contribution in [0.25, 0.3) is 0 Å². The Morgan fingerprint density at radius 2 is 2.14 bits per heavy atom. The van der Waals surface area contributed by atoms with Crippen LogP contribution in [0, 0.1) is 11.3 Å². The molecule has 0 amide bonds. The van der Waals surface area contributed by atoms with E-state index in [0.29, 0.717) is 12.3 Å². The van der Waals surface area contributed by atoms with Gasteiger partial charge in [-0.3, -0.25) is 4.79 Å². The van der Waals surface area contributed by atoms with Crippen molar-refractivity contribution in [1.29, 1.82) is 0 Å². The SMILES string of the molecule is CC1(C(=O)O)CC2CCCC(O)(C2)C1. The van der Waals surface area contributed by atoms with Crippen LogP contribution < -0.4 is 0 Å². The largest absolute Gasteiger partial charge is 0.481 e. The topological polar surface area (TPSA) is 57.5 Å². The normalized spacial score (nSPS) is 47.4. The minimum Gasteiger partial charge on any atom is -0.481 e. The molecule has 80 valence electrons. The lowest BCUT2D eigenvalue weighted by molar-refractivity contribution is -0.163. The fourth-order valence-corrected chi connectivity index (χ4v) is 3.39. The van der Waals surface area contributed by atoms with Gasteiger partial charge < -0.3 is 10.2 Å². The summed E-state index contributed by atoms with van der Waals surface area (Å²) in [5.41, 5.74) is -1.38. The Labute approximate surface area is 84.1 Å². The van der Waals surface area contributed by atoms with E-state index in [1.54, 1.807) is 6.92 Å². The molecule has 0 aromatic carbocycles. The van der Waals surface area contributed by atoms with Crippen molar-refractivity contribution in [2.75, 3.05) is 0 Å². The third kappa shape index (κ3) is 1.54. The Balaban J connectivity index is 2.22. The number of hydrogen-bond donors (Lipinski definition) is 2. The van der Waals surface area contributed by atoms with Crippen LogP contribution >= 0.6 is 0 Å². The Kier molecular flexibility index (Phi) is 2.11. The molecule has 2 aliphatic carbocycles. The number of carboxylic acid groups (broad SMARTS) is 1. The number of rotatable bonds is 1. The molecule has 0 aromatic heterocycles. The van der Waals surface area contributed by atoms with Crippen LogP contribution in [0.2, 0.25) is 0 Å². The van der Waals surface area contributed by atoms with E-state index in [-0.39, 0.29) is 0 Å². The van der Waals surface area contributed by atoms with Crippen molar-refractivity contribution in [2.24, 2.45) is 11.3 Å². The zero-order valence-corrected chi connectivity index (χ0v) is 8.62. The van der Waals surface area contributed by atoms with Crippen LogP contribution in [-0.4, -0.2) is 21.8 Å². The highest BCUT2D eigenvalue weighted by Crippen LogP contribution is 2.50. The molecule has 2 N–H and O–H groups in total. The van der Waals surface area contributed by atoms with Gasteiger partial charge in [-0.15, -0.1) is 0 Å². The second-order valence-corrected chi connectivity index (χ2v) is 5.43. The van der Waals surface area contributed by atoms with Crippen molar-refractivity contribution in [1.82, 2.24) is 0 Å². The molecule has 0 spiro atoms. The van der Waals surface area contributed by atoms with Crippen LogP contribution in [0.4, 0.5) is 0 Å². The van der Waals surface area contributed by atoms with Gasteiger partial charge in [0.25, 0.3) is 0 Å². The predicted molar refractivity (Wildman–Crippen MR) is 51.9 cm³/mol. The molecule has 14 heavy (non-hydrogen) atoms. The molecule has 0 aliphatic heterocycles. The van der Waals surface area contributed by atoms with Crippen molar-refractivity contribution in [3.05, 3.63) is 0 Å². The molecule has 3 atom stereocenters. The molecule has 3 heteroatoms. The van der Waals surface area contributed by atoms with Crippen LogP contribution in [0.15, 0.2) is 0 Å². The van der Waals surface area contributed by atoms with E-state index >= 15 is 0 Å². The van der Waals surface area contributed by atoms with Crippen molar-refractivity contribution < 1.29 is 15.0 Å². The first-order valence-corrected chi connectivity index (χ1v) is 5.39. The molecule has 0 saturated heterocycles. The van der Waals surface area contributed by atoms with E-state index in [9.17, 15) is 9.90 Å². The first kappa shape index (κ1) is 9.97. The molecule has 2 aliphatic rings. The Bertz CT molecular complexity index is 263. The minimum atomic E-state index is -0.748. The highest BCUT2D eigenvalue weighted by atomic mass is 16.4. The van der Waals surface area contributed by atoms with Crippen LogP contribution in [0.1, 0.15) is 45.4 Å². The number of carboxylic acids is 1. The van der Waals surface area contributed by atoms with E-state index < -0.39 is 17.0 Å². The third-order valence-corrected chi connectivity index (χ3v) is 3.90. The molecule has 3 unspecified atom stereocenters. The van der Waals surface area contributed by atoms with Crippen LogP contribution in [0.5, 0.6) is 0 Å². The number of hydrogen-bond acceptors (Lipinski definition) is 2. The zero-order valence-electron chi connectivity index (χ0n) is 8.62. The van der Waals surface area contributed by atoms with E-state index in [1.165, 1.54) is 0 Å². The van der Waals surface area contributed by atoms with E-state index in [2.05, 4.69) is 0 Å². The summed E-state index contributed by atoms with van der Waals surface area (Å²) in [7, 11) is 0. The molecule has 2 rings (SSSR count). The molecule has 2 fully saturated rings. The molecule has 2 saturated carbocycles. The molecule has 2 bridgehead atoms. The van der Waals surface area contributed by atoms with E-state index in [0.717, 1.165) is 32.1 Å². The lowest BCUT2D eigenvalue weighted by Crippen LogP contribution is -2.49. The fourth-order valence-electron chi connectivity index (χ4n) is 3.39. The van der Waals surface area contributed by atoms with Crippen molar-refractivity contribution >= 4 is 5.97 Å². The fraction of sp³-hybridized carbons (Fsp3) is 0.909. The van der Waals surface area contributed by atoms with Gasteiger partial charge in [0.2, 0.25) is 0 Å². The second-order valence-electron chi connectivity index (χ2n) is 5.43. The Hall–Kier alpha value is -0.570. The predicted octanol–water partition coefficient (Wildman–Crippen LogP) is 1.79. The molecule has 3 nitrogen and oxygen atoms in total. The zero-order chi connectivity index (χ0) is 10.4. The van der Waals surface area contributed by atoms with Gasteiger partial charge >= 0.3 is 5.97 Å². The number of aliphatic carboxylic acids is 1. The molecule has 0 radical (unpaired) electrons. The maximum absolute atomic E-state index is 11.1. The van der Waals surface area contributed by atoms with Crippen molar-refractivity contribution in [3.8, 4) is 0 Å². The summed E-state index contributed by atoms with van der Waals surface area (Å²) in [6, 6.07) is 0. The summed E-state index contributed by atoms with van der Waals surface area (Å²) < 4.78 is 0. The monoisotopic (exact) mass is 198 g/mol. The van der Waals surface area contributed by atoms with Gasteiger partial charge in [0.05, 0.1) is 11.0 Å². The molecule has 0 heterocycles. The van der Waals surface area contributed by atoms with Gasteiger partial charge in [0, 0.05) is 0 Å². The van der Waals surface area contributed by atoms with Crippen LogP contribution in [-0.2, 0) is 4.79 Å². The van der Waals surface area contributed by atoms with E-state index in [4.69, 9.17) is 5.11 Å². The standard InChI is InChI=1S/C11H18O3/c1-10(9(12)13)5-8-3-2-4-11(14,6-8)7-10/h8,14H,2-7H2,1H3,(H,12,13). The average molecular weight is 198 g/mol. The highest BCUT2D eigenvalue weighted by Gasteiger charge is 2.50. The van der Waals surface area contributed by atoms with Gasteiger partial charge in [0.1, 0.15) is 0 Å². The maximum atomic E-state index is 11.1. The average Bonchev–Trinajstić information content (AvgIpc) is 2.00. The summed E-state index contributed by atoms with van der Waals surface area (Å²) in [4.78, 5) is 11.1. The van der Waals surface area contributed by atoms with Crippen molar-refractivity contribution in [3.63, 3.8) is 0 Å². The summed E-state index contributed by atoms with van der Waals surface area (Å²) >= 11 is 0. The first-order valence-electron chi connectivity index (χ1n) is 5.39. The highest BCUT2D eigenvalue weighted by molar-refractivity contribution is 5.74. The quantitative estimate of drug-likeness (QED) is 0.675. The van der Waals surface area contributed by atoms with Gasteiger partial charge in [-0.25, -0.2) is 0 Å². The van der Waals surface area contributed by atoms with E-state index in [1.807, 2.05) is 0 Å². The number of carbonyl (C=O) groups is 1. The van der Waals surface area contributed by atoms with Crippen LogP contribution in [0.3, 0.4) is 0 Å². The third-order valence-electron chi connectivity index (χ3n) is 3.90. The number of aliphatic hydroxyl groups is 1. The molecule has 0 aromatic rings.